The van der Waals surface area contributed by atoms with Gasteiger partial charge in [0.15, 0.2) is 0 Å². The third kappa shape index (κ3) is 5.21. The van der Waals surface area contributed by atoms with E-state index in [0.29, 0.717) is 0 Å². The predicted octanol–water partition coefficient (Wildman–Crippen LogP) is 5.59. The summed E-state index contributed by atoms with van der Waals surface area (Å²) in [5, 5.41) is 11.0. The number of aromatic nitrogens is 2. The van der Waals surface area contributed by atoms with Crippen LogP contribution in [0.4, 0.5) is 0 Å². The average Bonchev–Trinajstić information content (AvgIpc) is 3.44. The van der Waals surface area contributed by atoms with Crippen molar-refractivity contribution in [1.29, 1.82) is 0 Å². The van der Waals surface area contributed by atoms with E-state index in [1.807, 2.05) is 70.9 Å². The number of thiophene rings is 1. The summed E-state index contributed by atoms with van der Waals surface area (Å²) >= 11 is 1.62. The third-order valence-electron chi connectivity index (χ3n) is 5.10. The van der Waals surface area contributed by atoms with Crippen LogP contribution in [0.25, 0.3) is 16.3 Å². The minimum absolute atomic E-state index is 0.0928. The largest absolute Gasteiger partial charge is 0.273 e. The molecule has 1 amide bonds. The lowest BCUT2D eigenvalue weighted by Crippen LogP contribution is -2.20. The summed E-state index contributed by atoms with van der Waals surface area (Å²) < 4.78 is 1.83. The Labute approximate surface area is 192 Å². The molecule has 162 valence electrons. The van der Waals surface area contributed by atoms with Crippen LogP contribution in [0.2, 0.25) is 0 Å². The molecule has 1 N–H and O–H groups in total. The van der Waals surface area contributed by atoms with Gasteiger partial charge in [-0.2, -0.15) is 10.2 Å². The van der Waals surface area contributed by atoms with Gasteiger partial charge >= 0.3 is 0 Å². The molecule has 0 bridgehead atoms. The van der Waals surface area contributed by atoms with Gasteiger partial charge < -0.3 is 0 Å². The Bertz CT molecular complexity index is 1200. The number of para-hydroxylation sites is 1. The standard InChI is InChI=1S/C26H26N4OS/c1-26(2,3)21-13-11-19(12-14-21)16-24(31)28-27-17-20-18-30(22-8-5-4-6-9-22)29-25(20)23-10-7-15-32-23/h4-15,17-18H,16H2,1-3H3,(H,28,31). The minimum atomic E-state index is -0.155. The van der Waals surface area contributed by atoms with Gasteiger partial charge in [0.2, 0.25) is 5.91 Å². The summed E-state index contributed by atoms with van der Waals surface area (Å²) in [7, 11) is 0. The first-order valence-electron chi connectivity index (χ1n) is 10.5. The third-order valence-corrected chi connectivity index (χ3v) is 5.97. The molecule has 32 heavy (non-hydrogen) atoms. The molecular formula is C26H26N4OS. The van der Waals surface area contributed by atoms with Crippen molar-refractivity contribution >= 4 is 23.5 Å². The lowest BCUT2D eigenvalue weighted by atomic mass is 9.86. The summed E-state index contributed by atoms with van der Waals surface area (Å²) in [5.74, 6) is -0.155. The zero-order chi connectivity index (χ0) is 22.6. The Morgan fingerprint density at radius 3 is 2.47 bits per heavy atom. The van der Waals surface area contributed by atoms with E-state index in [0.717, 1.165) is 27.4 Å². The molecule has 0 atom stereocenters. The molecule has 2 aromatic carbocycles. The number of hydrogen-bond acceptors (Lipinski definition) is 4. The Balaban J connectivity index is 1.47. The number of amides is 1. The fourth-order valence-electron chi connectivity index (χ4n) is 3.32. The van der Waals surface area contributed by atoms with Gasteiger partial charge in [-0.15, -0.1) is 11.3 Å². The van der Waals surface area contributed by atoms with E-state index in [4.69, 9.17) is 5.10 Å². The van der Waals surface area contributed by atoms with Crippen LogP contribution in [0.15, 0.2) is 83.4 Å². The van der Waals surface area contributed by atoms with Gasteiger partial charge in [0, 0.05) is 11.8 Å². The number of carbonyl (C=O) groups excluding carboxylic acids is 1. The Morgan fingerprint density at radius 2 is 1.81 bits per heavy atom. The zero-order valence-corrected chi connectivity index (χ0v) is 19.3. The predicted molar refractivity (Wildman–Crippen MR) is 131 cm³/mol. The van der Waals surface area contributed by atoms with Gasteiger partial charge in [0.05, 0.1) is 23.2 Å². The summed E-state index contributed by atoms with van der Waals surface area (Å²) in [6.07, 6.45) is 3.86. The molecule has 0 saturated heterocycles. The first-order chi connectivity index (χ1) is 15.4. The van der Waals surface area contributed by atoms with Gasteiger partial charge in [-0.1, -0.05) is 69.3 Å². The number of rotatable bonds is 6. The maximum absolute atomic E-state index is 12.4. The molecule has 4 rings (SSSR count). The van der Waals surface area contributed by atoms with Crippen LogP contribution < -0.4 is 5.43 Å². The monoisotopic (exact) mass is 442 g/mol. The molecule has 0 radical (unpaired) electrons. The van der Waals surface area contributed by atoms with Crippen molar-refractivity contribution in [2.45, 2.75) is 32.6 Å². The molecule has 5 nitrogen and oxygen atoms in total. The Kier molecular flexibility index (Phi) is 6.32. The number of carbonyl (C=O) groups is 1. The van der Waals surface area contributed by atoms with E-state index in [1.54, 1.807) is 17.6 Å². The maximum Gasteiger partial charge on any atom is 0.244 e. The molecule has 0 spiro atoms. The van der Waals surface area contributed by atoms with Crippen LogP contribution in [0.3, 0.4) is 0 Å². The van der Waals surface area contributed by atoms with Crippen LogP contribution in [-0.4, -0.2) is 21.9 Å². The zero-order valence-electron chi connectivity index (χ0n) is 18.4. The molecule has 0 saturated carbocycles. The number of hydrogen-bond donors (Lipinski definition) is 1. The first kappa shape index (κ1) is 21.7. The van der Waals surface area contributed by atoms with Gasteiger partial charge in [-0.05, 0) is 40.1 Å². The molecule has 0 aliphatic carbocycles. The van der Waals surface area contributed by atoms with E-state index in [9.17, 15) is 4.79 Å². The Hall–Kier alpha value is -3.51. The van der Waals surface area contributed by atoms with Gasteiger partial charge in [0.1, 0.15) is 5.69 Å². The second-order valence-electron chi connectivity index (χ2n) is 8.61. The number of nitrogens with zero attached hydrogens (tertiary/aromatic N) is 3. The van der Waals surface area contributed by atoms with Crippen molar-refractivity contribution in [2.24, 2.45) is 5.10 Å². The van der Waals surface area contributed by atoms with Crippen LogP contribution in [0.5, 0.6) is 0 Å². The fraction of sp³-hybridized carbons (Fsp3) is 0.192. The molecule has 2 aromatic heterocycles. The molecule has 4 aromatic rings. The number of hydrazone groups is 1. The molecule has 0 fully saturated rings. The van der Waals surface area contributed by atoms with Crippen molar-refractivity contribution in [3.63, 3.8) is 0 Å². The summed E-state index contributed by atoms with van der Waals surface area (Å²) in [6, 6.07) is 22.1. The highest BCUT2D eigenvalue weighted by Gasteiger charge is 2.14. The van der Waals surface area contributed by atoms with E-state index >= 15 is 0 Å². The second kappa shape index (κ2) is 9.32. The Morgan fingerprint density at radius 1 is 1.06 bits per heavy atom. The summed E-state index contributed by atoms with van der Waals surface area (Å²) in [5.41, 5.74) is 7.58. The van der Waals surface area contributed by atoms with E-state index in [1.165, 1.54) is 5.56 Å². The highest BCUT2D eigenvalue weighted by Crippen LogP contribution is 2.27. The molecule has 0 unspecified atom stereocenters. The topological polar surface area (TPSA) is 59.3 Å². The molecule has 0 aliphatic rings. The number of nitrogens with one attached hydrogen (secondary N) is 1. The lowest BCUT2D eigenvalue weighted by molar-refractivity contribution is -0.120. The first-order valence-corrected chi connectivity index (χ1v) is 11.4. The summed E-state index contributed by atoms with van der Waals surface area (Å²) in [4.78, 5) is 13.4. The van der Waals surface area contributed by atoms with E-state index < -0.39 is 0 Å². The lowest BCUT2D eigenvalue weighted by Gasteiger charge is -2.19. The van der Waals surface area contributed by atoms with Crippen molar-refractivity contribution < 1.29 is 4.79 Å². The fourth-order valence-corrected chi connectivity index (χ4v) is 4.05. The average molecular weight is 443 g/mol. The second-order valence-corrected chi connectivity index (χ2v) is 9.56. The van der Waals surface area contributed by atoms with Gasteiger partial charge in [0.25, 0.3) is 0 Å². The SMILES string of the molecule is CC(C)(C)c1ccc(CC(=O)NN=Cc2cn(-c3ccccc3)nc2-c2cccs2)cc1. The van der Waals surface area contributed by atoms with E-state index in [-0.39, 0.29) is 17.7 Å². The number of benzene rings is 2. The highest BCUT2D eigenvalue weighted by atomic mass is 32.1. The van der Waals surface area contributed by atoms with Crippen LogP contribution in [-0.2, 0) is 16.6 Å². The van der Waals surface area contributed by atoms with Crippen LogP contribution in [0, 0.1) is 0 Å². The van der Waals surface area contributed by atoms with Crippen LogP contribution >= 0.6 is 11.3 Å². The smallest absolute Gasteiger partial charge is 0.244 e. The summed E-state index contributed by atoms with van der Waals surface area (Å²) in [6.45, 7) is 6.52. The maximum atomic E-state index is 12.4. The van der Waals surface area contributed by atoms with Crippen molar-refractivity contribution in [2.75, 3.05) is 0 Å². The normalized spacial score (nSPS) is 11.7. The van der Waals surface area contributed by atoms with Gasteiger partial charge in [-0.3, -0.25) is 4.79 Å². The van der Waals surface area contributed by atoms with Crippen molar-refractivity contribution in [1.82, 2.24) is 15.2 Å². The molecule has 2 heterocycles. The van der Waals surface area contributed by atoms with E-state index in [2.05, 4.69) is 43.4 Å². The van der Waals surface area contributed by atoms with Crippen LogP contribution in [0.1, 0.15) is 37.5 Å². The van der Waals surface area contributed by atoms with Crippen molar-refractivity contribution in [3.8, 4) is 16.3 Å². The molecule has 0 aliphatic heterocycles. The molecular weight excluding hydrogens is 416 g/mol. The highest BCUT2D eigenvalue weighted by molar-refractivity contribution is 7.13. The molecule has 6 heteroatoms. The minimum Gasteiger partial charge on any atom is -0.273 e. The van der Waals surface area contributed by atoms with Gasteiger partial charge in [-0.25, -0.2) is 10.1 Å². The quantitative estimate of drug-likeness (QED) is 0.312. The van der Waals surface area contributed by atoms with Crippen molar-refractivity contribution in [3.05, 3.63) is 95.0 Å².